The lowest BCUT2D eigenvalue weighted by molar-refractivity contribution is 0.385. The number of methoxy groups -OCH3 is 1. The van der Waals surface area contributed by atoms with Gasteiger partial charge in [-0.05, 0) is 37.1 Å². The number of aromatic amines is 1. The number of halogens is 1. The van der Waals surface area contributed by atoms with E-state index in [4.69, 9.17) is 25.7 Å². The van der Waals surface area contributed by atoms with E-state index in [0.717, 1.165) is 40.7 Å². The van der Waals surface area contributed by atoms with Gasteiger partial charge in [-0.3, -0.25) is 14.5 Å². The van der Waals surface area contributed by atoms with Crippen molar-refractivity contribution in [3.05, 3.63) is 64.3 Å². The first kappa shape index (κ1) is 18.5. The Labute approximate surface area is 175 Å². The molecule has 4 heterocycles. The molecule has 0 bridgehead atoms. The smallest absolute Gasteiger partial charge is 0.439 e. The van der Waals surface area contributed by atoms with E-state index in [0.29, 0.717) is 28.8 Å². The maximum atomic E-state index is 11.3. The minimum Gasteiger partial charge on any atom is -0.495 e. The van der Waals surface area contributed by atoms with Crippen LogP contribution >= 0.6 is 11.6 Å². The number of ether oxygens (including phenoxy) is 1. The molecule has 1 aromatic carbocycles. The Morgan fingerprint density at radius 2 is 2.23 bits per heavy atom. The van der Waals surface area contributed by atoms with Gasteiger partial charge in [-0.2, -0.15) is 0 Å². The fraction of sp³-hybridized carbons (Fsp3) is 0.190. The Bertz CT molecular complexity index is 1340. The van der Waals surface area contributed by atoms with Gasteiger partial charge >= 0.3 is 5.76 Å². The molecule has 0 saturated heterocycles. The van der Waals surface area contributed by atoms with Crippen molar-refractivity contribution in [3.63, 3.8) is 0 Å². The van der Waals surface area contributed by atoms with Gasteiger partial charge in [0.2, 0.25) is 5.82 Å². The summed E-state index contributed by atoms with van der Waals surface area (Å²) in [6, 6.07) is 7.81. The van der Waals surface area contributed by atoms with E-state index in [1.165, 1.54) is 0 Å². The van der Waals surface area contributed by atoms with Crippen molar-refractivity contribution >= 4 is 33.9 Å². The molecular weight excluding hydrogens is 408 g/mol. The normalized spacial score (nSPS) is 14.1. The SMILES string of the molecule is COc1cc2cc(-c3ccoc3)n(CC3=NC(c4noc(=O)[nH]4)=CCC3)c2cc1Cl. The Hall–Kier alpha value is -3.52. The number of allylic oxidation sites excluding steroid dienone is 1. The molecule has 0 atom stereocenters. The zero-order valence-corrected chi connectivity index (χ0v) is 16.8. The summed E-state index contributed by atoms with van der Waals surface area (Å²) in [5, 5.41) is 5.28. The summed E-state index contributed by atoms with van der Waals surface area (Å²) >= 11 is 6.41. The highest BCUT2D eigenvalue weighted by molar-refractivity contribution is 6.32. The maximum absolute atomic E-state index is 11.3. The minimum absolute atomic E-state index is 0.331. The van der Waals surface area contributed by atoms with Gasteiger partial charge in [-0.25, -0.2) is 4.79 Å². The monoisotopic (exact) mass is 424 g/mol. The molecule has 3 aromatic heterocycles. The molecule has 9 heteroatoms. The van der Waals surface area contributed by atoms with E-state index in [-0.39, 0.29) is 0 Å². The van der Waals surface area contributed by atoms with E-state index in [1.807, 2.05) is 24.3 Å². The van der Waals surface area contributed by atoms with Crippen LogP contribution in [-0.2, 0) is 6.54 Å². The number of rotatable bonds is 5. The number of aliphatic imine (C=N–C) groups is 1. The second-order valence-electron chi connectivity index (χ2n) is 6.92. The van der Waals surface area contributed by atoms with Gasteiger partial charge < -0.3 is 13.7 Å². The third-order valence-electron chi connectivity index (χ3n) is 5.06. The number of aromatic nitrogens is 3. The summed E-state index contributed by atoms with van der Waals surface area (Å²) in [7, 11) is 1.60. The molecule has 0 fully saturated rings. The van der Waals surface area contributed by atoms with E-state index < -0.39 is 5.76 Å². The molecule has 5 rings (SSSR count). The first-order valence-electron chi connectivity index (χ1n) is 9.34. The summed E-state index contributed by atoms with van der Waals surface area (Å²) < 4.78 is 17.4. The Morgan fingerprint density at radius 3 is 2.97 bits per heavy atom. The van der Waals surface area contributed by atoms with Crippen LogP contribution in [0.25, 0.3) is 27.9 Å². The molecule has 8 nitrogen and oxygen atoms in total. The number of furan rings is 1. The summed E-state index contributed by atoms with van der Waals surface area (Å²) in [6.45, 7) is 0.548. The van der Waals surface area contributed by atoms with E-state index in [1.54, 1.807) is 19.6 Å². The highest BCUT2D eigenvalue weighted by atomic mass is 35.5. The minimum atomic E-state index is -0.601. The van der Waals surface area contributed by atoms with Crippen LogP contribution in [0.15, 0.2) is 61.6 Å². The zero-order chi connectivity index (χ0) is 20.7. The van der Waals surface area contributed by atoms with Crippen LogP contribution in [0, 0.1) is 0 Å². The van der Waals surface area contributed by atoms with Crippen LogP contribution in [0.2, 0.25) is 5.02 Å². The predicted molar refractivity (Wildman–Crippen MR) is 113 cm³/mol. The van der Waals surface area contributed by atoms with E-state index in [9.17, 15) is 4.79 Å². The van der Waals surface area contributed by atoms with Gasteiger partial charge in [-0.1, -0.05) is 22.8 Å². The van der Waals surface area contributed by atoms with Crippen LogP contribution in [0.4, 0.5) is 0 Å². The lowest BCUT2D eigenvalue weighted by Crippen LogP contribution is -2.13. The second-order valence-corrected chi connectivity index (χ2v) is 7.33. The average Bonchev–Trinajstić information content (AvgIpc) is 3.49. The van der Waals surface area contributed by atoms with Crippen molar-refractivity contribution in [1.29, 1.82) is 0 Å². The number of nitrogens with one attached hydrogen (secondary N) is 1. The molecule has 0 unspecified atom stereocenters. The first-order chi connectivity index (χ1) is 14.6. The highest BCUT2D eigenvalue weighted by Gasteiger charge is 2.18. The van der Waals surface area contributed by atoms with Gasteiger partial charge in [0.1, 0.15) is 11.4 Å². The topological polar surface area (TPSA) is 98.5 Å². The largest absolute Gasteiger partial charge is 0.495 e. The van der Waals surface area contributed by atoms with Crippen molar-refractivity contribution in [2.24, 2.45) is 4.99 Å². The number of H-pyrrole nitrogens is 1. The van der Waals surface area contributed by atoms with E-state index >= 15 is 0 Å². The standard InChI is InChI=1S/C21H17ClN4O4/c1-28-19-8-13-7-17(12-5-6-29-11-12)26(18(13)9-15(19)22)10-14-3-2-4-16(23-14)20-24-21(27)30-25-20/h4-9,11H,2-3,10H2,1H3,(H,24,25,27). The van der Waals surface area contributed by atoms with Crippen molar-refractivity contribution in [2.45, 2.75) is 19.4 Å². The zero-order valence-electron chi connectivity index (χ0n) is 16.0. The van der Waals surface area contributed by atoms with Crippen molar-refractivity contribution < 1.29 is 13.7 Å². The van der Waals surface area contributed by atoms with Crippen LogP contribution in [-0.4, -0.2) is 27.5 Å². The number of hydrogen-bond donors (Lipinski definition) is 1. The van der Waals surface area contributed by atoms with Gasteiger partial charge in [0, 0.05) is 16.7 Å². The van der Waals surface area contributed by atoms with Gasteiger partial charge in [0.15, 0.2) is 0 Å². The van der Waals surface area contributed by atoms with Crippen LogP contribution < -0.4 is 10.5 Å². The molecule has 1 N–H and O–H groups in total. The van der Waals surface area contributed by atoms with Crippen LogP contribution in [0.1, 0.15) is 18.7 Å². The summed E-state index contributed by atoms with van der Waals surface area (Å²) in [6.07, 6.45) is 6.87. The second kappa shape index (κ2) is 7.38. The quantitative estimate of drug-likeness (QED) is 0.508. The summed E-state index contributed by atoms with van der Waals surface area (Å²) in [4.78, 5) is 18.5. The molecule has 0 spiro atoms. The Balaban J connectivity index is 1.60. The molecule has 0 amide bonds. The van der Waals surface area contributed by atoms with Crippen molar-refractivity contribution in [2.75, 3.05) is 7.11 Å². The molecule has 1 aliphatic rings. The third kappa shape index (κ3) is 3.25. The van der Waals surface area contributed by atoms with Crippen LogP contribution in [0.3, 0.4) is 0 Å². The molecular formula is C21H17ClN4O4. The third-order valence-corrected chi connectivity index (χ3v) is 5.36. The Kier molecular flexibility index (Phi) is 4.55. The molecule has 0 saturated carbocycles. The van der Waals surface area contributed by atoms with Gasteiger partial charge in [-0.15, -0.1) is 0 Å². The molecule has 30 heavy (non-hydrogen) atoms. The highest BCUT2D eigenvalue weighted by Crippen LogP contribution is 2.35. The van der Waals surface area contributed by atoms with Crippen molar-refractivity contribution in [1.82, 2.24) is 14.7 Å². The van der Waals surface area contributed by atoms with Gasteiger partial charge in [0.25, 0.3) is 0 Å². The fourth-order valence-corrected chi connectivity index (χ4v) is 3.91. The molecule has 4 aromatic rings. The summed E-state index contributed by atoms with van der Waals surface area (Å²) in [5.41, 5.74) is 4.45. The van der Waals surface area contributed by atoms with E-state index in [2.05, 4.69) is 25.3 Å². The number of fused-ring (bicyclic) bond motifs is 1. The number of hydrogen-bond acceptors (Lipinski definition) is 6. The number of benzene rings is 1. The van der Waals surface area contributed by atoms with Gasteiger partial charge in [0.05, 0.1) is 42.4 Å². The fourth-order valence-electron chi connectivity index (χ4n) is 3.67. The van der Waals surface area contributed by atoms with Crippen molar-refractivity contribution in [3.8, 4) is 17.0 Å². The lowest BCUT2D eigenvalue weighted by Gasteiger charge is -2.15. The molecule has 152 valence electrons. The number of nitrogens with zero attached hydrogens (tertiary/aromatic N) is 3. The first-order valence-corrected chi connectivity index (χ1v) is 9.72. The molecule has 0 radical (unpaired) electrons. The van der Waals surface area contributed by atoms with Crippen LogP contribution in [0.5, 0.6) is 5.75 Å². The summed E-state index contributed by atoms with van der Waals surface area (Å²) in [5.74, 6) is 0.350. The maximum Gasteiger partial charge on any atom is 0.439 e. The Morgan fingerprint density at radius 1 is 1.33 bits per heavy atom. The predicted octanol–water partition coefficient (Wildman–Crippen LogP) is 4.52. The molecule has 0 aliphatic carbocycles. The molecule has 1 aliphatic heterocycles. The average molecular weight is 425 g/mol. The lowest BCUT2D eigenvalue weighted by atomic mass is 10.1.